The second-order valence-corrected chi connectivity index (χ2v) is 6.75. The number of hydrogen-bond donors (Lipinski definition) is 2. The number of nitrogens with zero attached hydrogens (tertiary/aromatic N) is 1. The topological polar surface area (TPSA) is 71.3 Å². The summed E-state index contributed by atoms with van der Waals surface area (Å²) in [4.78, 5) is 24.8. The number of aromatic nitrogens is 1. The molecule has 9 heteroatoms. The van der Waals surface area contributed by atoms with Gasteiger partial charge in [-0.1, -0.05) is 23.7 Å². The molecule has 1 aromatic heterocycles. The Hall–Kier alpha value is -2.84. The van der Waals surface area contributed by atoms with Crippen molar-refractivity contribution in [1.29, 1.82) is 0 Å². The average Bonchev–Trinajstić information content (AvgIpc) is 2.65. The van der Waals surface area contributed by atoms with Crippen LogP contribution in [-0.2, 0) is 23.9 Å². The molecule has 0 atom stereocenters. The summed E-state index contributed by atoms with van der Waals surface area (Å²) in [5.74, 6) is -0.535. The van der Waals surface area contributed by atoms with E-state index in [2.05, 4.69) is 5.32 Å². The van der Waals surface area contributed by atoms with E-state index in [-0.39, 0.29) is 30.7 Å². The number of amides is 1. The number of alkyl halides is 3. The number of rotatable bonds is 5. The van der Waals surface area contributed by atoms with Crippen LogP contribution in [0, 0.1) is 0 Å². The highest BCUT2D eigenvalue weighted by Crippen LogP contribution is 2.35. The van der Waals surface area contributed by atoms with E-state index in [9.17, 15) is 22.8 Å². The van der Waals surface area contributed by atoms with Crippen molar-refractivity contribution >= 4 is 34.0 Å². The summed E-state index contributed by atoms with van der Waals surface area (Å²) in [5, 5.41) is 12.1. The molecular formula is C20H16ClF3N2O3. The molecule has 0 saturated carbocycles. The number of halogens is 4. The quantitative estimate of drug-likeness (QED) is 0.653. The fourth-order valence-electron chi connectivity index (χ4n) is 2.99. The minimum absolute atomic E-state index is 0.142. The van der Waals surface area contributed by atoms with Crippen LogP contribution in [0.3, 0.4) is 0 Å². The smallest absolute Gasteiger partial charge is 0.395 e. The molecule has 3 rings (SSSR count). The summed E-state index contributed by atoms with van der Waals surface area (Å²) in [7, 11) is 0. The van der Waals surface area contributed by atoms with Crippen LogP contribution < -0.4 is 10.9 Å². The number of fused-ring (bicyclic) bond motifs is 1. The highest BCUT2D eigenvalue weighted by atomic mass is 35.5. The van der Waals surface area contributed by atoms with E-state index in [0.717, 1.165) is 12.1 Å². The molecule has 2 aromatic carbocycles. The summed E-state index contributed by atoms with van der Waals surface area (Å²) < 4.78 is 40.3. The predicted octanol–water partition coefficient (Wildman–Crippen LogP) is 3.85. The number of hydrogen-bond acceptors (Lipinski definition) is 3. The van der Waals surface area contributed by atoms with Crippen molar-refractivity contribution in [3.63, 3.8) is 0 Å². The highest BCUT2D eigenvalue weighted by molar-refractivity contribution is 6.31. The first-order valence-corrected chi connectivity index (χ1v) is 8.97. The third-order valence-electron chi connectivity index (χ3n) is 4.33. The monoisotopic (exact) mass is 424 g/mol. The molecule has 0 aliphatic carbocycles. The van der Waals surface area contributed by atoms with Crippen LogP contribution >= 0.6 is 11.6 Å². The van der Waals surface area contributed by atoms with E-state index < -0.39 is 22.7 Å². The lowest BCUT2D eigenvalue weighted by atomic mass is 10.1. The molecule has 2 N–H and O–H groups in total. The highest BCUT2D eigenvalue weighted by Gasteiger charge is 2.33. The van der Waals surface area contributed by atoms with Crippen molar-refractivity contribution in [1.82, 2.24) is 4.57 Å². The van der Waals surface area contributed by atoms with Crippen molar-refractivity contribution in [2.24, 2.45) is 0 Å². The molecule has 0 unspecified atom stereocenters. The summed E-state index contributed by atoms with van der Waals surface area (Å²) in [6, 6.07) is 9.72. The Bertz CT molecular complexity index is 1130. The van der Waals surface area contributed by atoms with Gasteiger partial charge in [0, 0.05) is 29.2 Å². The largest absolute Gasteiger partial charge is 0.417 e. The second kappa shape index (κ2) is 8.26. The van der Waals surface area contributed by atoms with Crippen LogP contribution in [0.2, 0.25) is 5.02 Å². The van der Waals surface area contributed by atoms with E-state index in [4.69, 9.17) is 16.7 Å². The minimum Gasteiger partial charge on any atom is -0.395 e. The zero-order chi connectivity index (χ0) is 21.2. The van der Waals surface area contributed by atoms with Gasteiger partial charge in [-0.2, -0.15) is 13.2 Å². The maximum absolute atomic E-state index is 13.0. The minimum atomic E-state index is -4.62. The van der Waals surface area contributed by atoms with Crippen molar-refractivity contribution in [2.75, 3.05) is 11.9 Å². The molecule has 0 aliphatic rings. The maximum atomic E-state index is 13.0. The average molecular weight is 425 g/mol. The van der Waals surface area contributed by atoms with Gasteiger partial charge in [-0.15, -0.1) is 0 Å². The van der Waals surface area contributed by atoms with Crippen molar-refractivity contribution in [3.05, 3.63) is 75.2 Å². The summed E-state index contributed by atoms with van der Waals surface area (Å²) in [5.41, 5.74) is -0.797. The Balaban J connectivity index is 1.86. The van der Waals surface area contributed by atoms with Gasteiger partial charge in [0.25, 0.3) is 5.56 Å². The van der Waals surface area contributed by atoms with Gasteiger partial charge in [-0.05, 0) is 35.9 Å². The standard InChI is InChI=1S/C20H16ClF3N2O3/c21-16-5-4-12(10-15(16)20(22,23)24)11-18(28)25-17-3-1-2-14-13(17)6-7-26(8-9-27)19(14)29/h1-7,10,27H,8-9,11H2,(H,25,28). The van der Waals surface area contributed by atoms with E-state index in [0.29, 0.717) is 16.5 Å². The molecule has 3 aromatic rings. The number of anilines is 1. The van der Waals surface area contributed by atoms with Crippen molar-refractivity contribution in [2.45, 2.75) is 19.1 Å². The normalized spacial score (nSPS) is 11.6. The fraction of sp³-hybridized carbons (Fsp3) is 0.200. The first-order valence-electron chi connectivity index (χ1n) is 8.59. The summed E-state index contributed by atoms with van der Waals surface area (Å²) in [6.45, 7) is -0.0493. The Labute approximate surface area is 168 Å². The third kappa shape index (κ3) is 4.60. The van der Waals surface area contributed by atoms with Gasteiger partial charge in [0.05, 0.1) is 23.6 Å². The third-order valence-corrected chi connectivity index (χ3v) is 4.66. The second-order valence-electron chi connectivity index (χ2n) is 6.34. The van der Waals surface area contributed by atoms with Crippen LogP contribution in [0.15, 0.2) is 53.5 Å². The van der Waals surface area contributed by atoms with Crippen LogP contribution in [0.4, 0.5) is 18.9 Å². The number of aliphatic hydroxyl groups excluding tert-OH is 1. The molecule has 0 bridgehead atoms. The van der Waals surface area contributed by atoms with Gasteiger partial charge in [0.2, 0.25) is 5.91 Å². The van der Waals surface area contributed by atoms with E-state index in [1.165, 1.54) is 16.8 Å². The van der Waals surface area contributed by atoms with Crippen LogP contribution in [0.1, 0.15) is 11.1 Å². The Kier molecular flexibility index (Phi) is 5.95. The Morgan fingerprint density at radius 3 is 2.59 bits per heavy atom. The zero-order valence-corrected chi connectivity index (χ0v) is 15.7. The number of aliphatic hydroxyl groups is 1. The first-order chi connectivity index (χ1) is 13.7. The number of pyridine rings is 1. The summed E-state index contributed by atoms with van der Waals surface area (Å²) >= 11 is 5.59. The molecule has 1 amide bonds. The molecule has 0 aliphatic heterocycles. The lowest BCUT2D eigenvalue weighted by Gasteiger charge is -2.12. The van der Waals surface area contributed by atoms with Gasteiger partial charge in [0.15, 0.2) is 0 Å². The molecular weight excluding hydrogens is 409 g/mol. The van der Waals surface area contributed by atoms with E-state index >= 15 is 0 Å². The van der Waals surface area contributed by atoms with Crippen LogP contribution in [0.25, 0.3) is 10.8 Å². The van der Waals surface area contributed by atoms with Crippen LogP contribution in [-0.4, -0.2) is 22.2 Å². The van der Waals surface area contributed by atoms with Gasteiger partial charge in [0.1, 0.15) is 0 Å². The lowest BCUT2D eigenvalue weighted by molar-refractivity contribution is -0.137. The number of benzene rings is 2. The number of carbonyl (C=O) groups excluding carboxylic acids is 1. The number of nitrogens with one attached hydrogen (secondary N) is 1. The fourth-order valence-corrected chi connectivity index (χ4v) is 3.22. The van der Waals surface area contributed by atoms with Crippen molar-refractivity contribution < 1.29 is 23.1 Å². The van der Waals surface area contributed by atoms with Gasteiger partial charge in [-0.25, -0.2) is 0 Å². The molecule has 0 spiro atoms. The van der Waals surface area contributed by atoms with Gasteiger partial charge >= 0.3 is 6.18 Å². The van der Waals surface area contributed by atoms with E-state index in [1.54, 1.807) is 24.3 Å². The molecule has 1 heterocycles. The van der Waals surface area contributed by atoms with E-state index in [1.807, 2.05) is 0 Å². The van der Waals surface area contributed by atoms with Gasteiger partial charge < -0.3 is 15.0 Å². The molecule has 152 valence electrons. The molecule has 5 nitrogen and oxygen atoms in total. The summed E-state index contributed by atoms with van der Waals surface area (Å²) in [6.07, 6.45) is -3.41. The SMILES string of the molecule is O=C(Cc1ccc(Cl)c(C(F)(F)F)c1)Nc1cccc2c(=O)n(CCO)ccc12. The van der Waals surface area contributed by atoms with Gasteiger partial charge in [-0.3, -0.25) is 9.59 Å². The Morgan fingerprint density at radius 1 is 1.14 bits per heavy atom. The first kappa shape index (κ1) is 20.9. The lowest BCUT2D eigenvalue weighted by Crippen LogP contribution is -2.21. The molecule has 0 radical (unpaired) electrons. The van der Waals surface area contributed by atoms with Crippen LogP contribution in [0.5, 0.6) is 0 Å². The Morgan fingerprint density at radius 2 is 1.90 bits per heavy atom. The molecule has 0 fully saturated rings. The zero-order valence-electron chi connectivity index (χ0n) is 15.0. The number of carbonyl (C=O) groups is 1. The predicted molar refractivity (Wildman–Crippen MR) is 104 cm³/mol. The molecule has 0 saturated heterocycles. The molecule has 29 heavy (non-hydrogen) atoms. The maximum Gasteiger partial charge on any atom is 0.417 e. The van der Waals surface area contributed by atoms with Crippen molar-refractivity contribution in [3.8, 4) is 0 Å².